The van der Waals surface area contributed by atoms with E-state index in [1.54, 1.807) is 44.6 Å². The maximum Gasteiger partial charge on any atom is 0.264 e. The van der Waals surface area contributed by atoms with Gasteiger partial charge in [0.15, 0.2) is 18.1 Å². The molecule has 0 aliphatic heterocycles. The highest BCUT2D eigenvalue weighted by Crippen LogP contribution is 2.31. The highest BCUT2D eigenvalue weighted by molar-refractivity contribution is 6.42. The Morgan fingerprint density at radius 2 is 1.76 bits per heavy atom. The maximum atomic E-state index is 5.95. The van der Waals surface area contributed by atoms with Crippen LogP contribution in [-0.2, 0) is 6.61 Å². The van der Waals surface area contributed by atoms with Crippen LogP contribution >= 0.6 is 23.2 Å². The van der Waals surface area contributed by atoms with Gasteiger partial charge in [-0.1, -0.05) is 28.4 Å². The number of aromatic nitrogens is 2. The third kappa shape index (κ3) is 3.97. The Hall–Kier alpha value is -2.44. The van der Waals surface area contributed by atoms with E-state index in [9.17, 15) is 0 Å². The molecule has 2 aromatic carbocycles. The molecule has 6 nitrogen and oxygen atoms in total. The van der Waals surface area contributed by atoms with Gasteiger partial charge in [0.1, 0.15) is 5.75 Å². The van der Waals surface area contributed by atoms with Gasteiger partial charge in [-0.25, -0.2) is 0 Å². The summed E-state index contributed by atoms with van der Waals surface area (Å²) >= 11 is 11.8. The molecular weight excluding hydrogens is 367 g/mol. The smallest absolute Gasteiger partial charge is 0.264 e. The minimum atomic E-state index is 0.109. The van der Waals surface area contributed by atoms with Crippen molar-refractivity contribution in [2.24, 2.45) is 0 Å². The van der Waals surface area contributed by atoms with Crippen LogP contribution in [0.2, 0.25) is 10.0 Å². The van der Waals surface area contributed by atoms with E-state index in [4.69, 9.17) is 41.9 Å². The van der Waals surface area contributed by atoms with Gasteiger partial charge in [-0.3, -0.25) is 0 Å². The molecule has 0 aliphatic rings. The second-order valence-electron chi connectivity index (χ2n) is 4.95. The molecule has 3 rings (SSSR count). The molecule has 0 fully saturated rings. The van der Waals surface area contributed by atoms with Crippen molar-refractivity contribution in [3.63, 3.8) is 0 Å². The number of nitrogens with zero attached hydrogens (tertiary/aromatic N) is 2. The fraction of sp³-hybridized carbons (Fsp3) is 0.176. The fourth-order valence-electron chi connectivity index (χ4n) is 2.12. The second kappa shape index (κ2) is 7.63. The lowest BCUT2D eigenvalue weighted by Crippen LogP contribution is -1.96. The van der Waals surface area contributed by atoms with Crippen LogP contribution < -0.4 is 14.2 Å². The molecule has 0 saturated carbocycles. The summed E-state index contributed by atoms with van der Waals surface area (Å²) in [7, 11) is 3.14. The van der Waals surface area contributed by atoms with E-state index in [2.05, 4.69) is 10.1 Å². The second-order valence-corrected chi connectivity index (χ2v) is 5.76. The van der Waals surface area contributed by atoms with E-state index in [-0.39, 0.29) is 6.61 Å². The van der Waals surface area contributed by atoms with E-state index in [0.717, 1.165) is 5.56 Å². The van der Waals surface area contributed by atoms with Gasteiger partial charge >= 0.3 is 0 Å². The molecule has 0 spiro atoms. The highest BCUT2D eigenvalue weighted by atomic mass is 35.5. The molecular formula is C17H14Cl2N2O4. The third-order valence-corrected chi connectivity index (χ3v) is 4.10. The molecule has 130 valence electrons. The zero-order valence-corrected chi connectivity index (χ0v) is 15.0. The average Bonchev–Trinajstić information content (AvgIpc) is 3.11. The molecule has 3 aromatic rings. The lowest BCUT2D eigenvalue weighted by molar-refractivity contribution is 0.243. The van der Waals surface area contributed by atoms with E-state index < -0.39 is 0 Å². The van der Waals surface area contributed by atoms with Crippen molar-refractivity contribution >= 4 is 23.2 Å². The van der Waals surface area contributed by atoms with Gasteiger partial charge in [-0.05, 0) is 30.3 Å². The quantitative estimate of drug-likeness (QED) is 0.620. The zero-order valence-electron chi connectivity index (χ0n) is 13.5. The molecule has 1 heterocycles. The van der Waals surface area contributed by atoms with Gasteiger partial charge in [0.2, 0.25) is 5.82 Å². The summed E-state index contributed by atoms with van der Waals surface area (Å²) in [6.45, 7) is 0.109. The summed E-state index contributed by atoms with van der Waals surface area (Å²) < 4.78 is 21.3. The minimum Gasteiger partial charge on any atom is -0.493 e. The number of halogens is 2. The number of hydrogen-bond acceptors (Lipinski definition) is 6. The fourth-order valence-corrected chi connectivity index (χ4v) is 2.41. The number of ether oxygens (including phenoxy) is 3. The number of methoxy groups -OCH3 is 2. The Morgan fingerprint density at radius 1 is 0.960 bits per heavy atom. The highest BCUT2D eigenvalue weighted by Gasteiger charge is 2.12. The van der Waals surface area contributed by atoms with Crippen molar-refractivity contribution < 1.29 is 18.7 Å². The van der Waals surface area contributed by atoms with Crippen molar-refractivity contribution in [2.75, 3.05) is 14.2 Å². The molecule has 0 saturated heterocycles. The van der Waals surface area contributed by atoms with Gasteiger partial charge in [0.05, 0.1) is 24.3 Å². The first-order chi connectivity index (χ1) is 12.1. The molecule has 25 heavy (non-hydrogen) atoms. The number of benzene rings is 2. The standard InChI is InChI=1S/C17H14Cl2N2O4/c1-22-14-6-3-10(7-15(14)23-2)17-20-16(25-21-17)9-24-11-4-5-12(18)13(19)8-11/h3-8H,9H2,1-2H3. The van der Waals surface area contributed by atoms with Gasteiger partial charge in [0, 0.05) is 11.6 Å². The first kappa shape index (κ1) is 17.4. The summed E-state index contributed by atoms with van der Waals surface area (Å²) in [6.07, 6.45) is 0. The molecule has 0 atom stereocenters. The Bertz CT molecular complexity index is 883. The minimum absolute atomic E-state index is 0.109. The van der Waals surface area contributed by atoms with Crippen molar-refractivity contribution in [3.8, 4) is 28.6 Å². The van der Waals surface area contributed by atoms with Crippen LogP contribution in [0.4, 0.5) is 0 Å². The van der Waals surface area contributed by atoms with E-state index >= 15 is 0 Å². The molecule has 0 radical (unpaired) electrons. The SMILES string of the molecule is COc1ccc(-c2noc(COc3ccc(Cl)c(Cl)c3)n2)cc1OC. The monoisotopic (exact) mass is 380 g/mol. The number of hydrogen-bond donors (Lipinski definition) is 0. The summed E-state index contributed by atoms with van der Waals surface area (Å²) in [6, 6.07) is 10.3. The van der Waals surface area contributed by atoms with Crippen LogP contribution in [0, 0.1) is 0 Å². The van der Waals surface area contributed by atoms with Crippen molar-refractivity contribution in [2.45, 2.75) is 6.61 Å². The first-order valence-corrected chi connectivity index (χ1v) is 7.99. The largest absolute Gasteiger partial charge is 0.493 e. The van der Waals surface area contributed by atoms with Crippen LogP contribution in [0.1, 0.15) is 5.89 Å². The maximum absolute atomic E-state index is 5.95. The van der Waals surface area contributed by atoms with Crippen molar-refractivity contribution in [3.05, 3.63) is 52.3 Å². The normalized spacial score (nSPS) is 10.6. The zero-order chi connectivity index (χ0) is 17.8. The van der Waals surface area contributed by atoms with Gasteiger partial charge in [-0.2, -0.15) is 4.98 Å². The van der Waals surface area contributed by atoms with Gasteiger partial charge in [0.25, 0.3) is 5.89 Å². The molecule has 0 N–H and O–H groups in total. The molecule has 0 amide bonds. The lowest BCUT2D eigenvalue weighted by atomic mass is 10.2. The Morgan fingerprint density at radius 3 is 2.48 bits per heavy atom. The van der Waals surface area contributed by atoms with Crippen LogP contribution in [0.5, 0.6) is 17.2 Å². The summed E-state index contributed by atoms with van der Waals surface area (Å²) in [5.41, 5.74) is 0.738. The average molecular weight is 381 g/mol. The summed E-state index contributed by atoms with van der Waals surface area (Å²) in [4.78, 5) is 4.31. The van der Waals surface area contributed by atoms with E-state index in [0.29, 0.717) is 39.0 Å². The molecule has 0 aliphatic carbocycles. The van der Waals surface area contributed by atoms with Gasteiger partial charge < -0.3 is 18.7 Å². The first-order valence-electron chi connectivity index (χ1n) is 7.23. The molecule has 0 unspecified atom stereocenters. The summed E-state index contributed by atoms with van der Waals surface area (Å²) in [5.74, 6) is 2.51. The predicted octanol–water partition coefficient (Wildman–Crippen LogP) is 4.64. The Labute approximate surface area is 154 Å². The summed E-state index contributed by atoms with van der Waals surface area (Å²) in [5, 5.41) is 4.83. The van der Waals surface area contributed by atoms with Crippen molar-refractivity contribution in [1.82, 2.24) is 10.1 Å². The Balaban J connectivity index is 1.73. The topological polar surface area (TPSA) is 66.6 Å². The van der Waals surface area contributed by atoms with E-state index in [1.807, 2.05) is 6.07 Å². The van der Waals surface area contributed by atoms with E-state index in [1.165, 1.54) is 0 Å². The lowest BCUT2D eigenvalue weighted by Gasteiger charge is -2.07. The molecule has 1 aromatic heterocycles. The molecule has 8 heteroatoms. The van der Waals surface area contributed by atoms with Crippen LogP contribution in [0.3, 0.4) is 0 Å². The Kier molecular flexibility index (Phi) is 5.31. The van der Waals surface area contributed by atoms with Crippen LogP contribution in [-0.4, -0.2) is 24.4 Å². The van der Waals surface area contributed by atoms with Crippen LogP contribution in [0.25, 0.3) is 11.4 Å². The predicted molar refractivity (Wildman–Crippen MR) is 93.6 cm³/mol. The molecule has 0 bridgehead atoms. The van der Waals surface area contributed by atoms with Crippen molar-refractivity contribution in [1.29, 1.82) is 0 Å². The van der Waals surface area contributed by atoms with Gasteiger partial charge in [-0.15, -0.1) is 0 Å². The third-order valence-electron chi connectivity index (χ3n) is 3.36. The number of rotatable bonds is 6. The van der Waals surface area contributed by atoms with Crippen LogP contribution in [0.15, 0.2) is 40.9 Å².